The Bertz CT molecular complexity index is 925. The maximum atomic E-state index is 10.7. The average Bonchev–Trinajstić information content (AvgIpc) is 3.30. The maximum Gasteiger partial charge on any atom is 0.485 e. The molecule has 9 heteroatoms. The van der Waals surface area contributed by atoms with Crippen LogP contribution in [0.25, 0.3) is 0 Å². The third-order valence-electron chi connectivity index (χ3n) is 4.04. The SMILES string of the molecule is Cn1cc(C(c2ccccc2)=[N+](C)C)c(C2CC2)c1.O=S(=O)([O-])C(F)(F)F. The van der Waals surface area contributed by atoms with E-state index in [1.807, 2.05) is 0 Å². The van der Waals surface area contributed by atoms with Crippen molar-refractivity contribution < 1.29 is 30.7 Å². The average molecular weight is 402 g/mol. The summed E-state index contributed by atoms with van der Waals surface area (Å²) in [6.07, 6.45) is 7.23. The van der Waals surface area contributed by atoms with E-state index in [1.165, 1.54) is 35.2 Å². The molecule has 1 aromatic carbocycles. The molecular weight excluding hydrogens is 381 g/mol. The Morgan fingerprint density at radius 1 is 1.15 bits per heavy atom. The molecule has 0 amide bonds. The highest BCUT2D eigenvalue weighted by atomic mass is 32.2. The Hall–Kier alpha value is -2.13. The first-order valence-corrected chi connectivity index (χ1v) is 9.60. The first-order chi connectivity index (χ1) is 12.4. The number of nitrogens with zero attached hydrogens (tertiary/aromatic N) is 2. The second-order valence-electron chi connectivity index (χ2n) is 6.58. The molecule has 1 aromatic heterocycles. The normalized spacial score (nSPS) is 14.3. The standard InChI is InChI=1S/C17H21N2.CHF3O3S/c1-18(2)17(14-7-5-4-6-8-14)16-12-19(3)11-15(16)13-9-10-13;2-1(3,4)8(5,6)7/h4-8,11-13H,9-10H2,1-3H3;(H,5,6,7)/q+1;/p-1. The monoisotopic (exact) mass is 402 g/mol. The number of hydrogen-bond acceptors (Lipinski definition) is 3. The smallest absolute Gasteiger partial charge is 0.485 e. The third-order valence-corrected chi connectivity index (χ3v) is 4.60. The highest BCUT2D eigenvalue weighted by molar-refractivity contribution is 7.86. The number of halogens is 3. The van der Waals surface area contributed by atoms with Gasteiger partial charge >= 0.3 is 5.51 Å². The summed E-state index contributed by atoms with van der Waals surface area (Å²) >= 11 is 0. The van der Waals surface area contributed by atoms with Crippen LogP contribution < -0.4 is 0 Å². The van der Waals surface area contributed by atoms with E-state index in [9.17, 15) is 13.2 Å². The van der Waals surface area contributed by atoms with Crippen LogP contribution in [-0.4, -0.2) is 47.4 Å². The molecule has 1 saturated carbocycles. The highest BCUT2D eigenvalue weighted by Gasteiger charge is 2.37. The zero-order valence-electron chi connectivity index (χ0n) is 15.2. The van der Waals surface area contributed by atoms with E-state index < -0.39 is 15.6 Å². The van der Waals surface area contributed by atoms with E-state index in [-0.39, 0.29) is 0 Å². The fourth-order valence-electron chi connectivity index (χ4n) is 2.77. The Morgan fingerprint density at radius 2 is 1.67 bits per heavy atom. The number of rotatable bonds is 3. The Labute approximate surface area is 156 Å². The van der Waals surface area contributed by atoms with Gasteiger partial charge in [-0.3, -0.25) is 0 Å². The fraction of sp³-hybridized carbons (Fsp3) is 0.389. The predicted octanol–water partition coefficient (Wildman–Crippen LogP) is 3.06. The zero-order valence-corrected chi connectivity index (χ0v) is 16.0. The summed E-state index contributed by atoms with van der Waals surface area (Å²) in [6, 6.07) is 10.7. The van der Waals surface area contributed by atoms with Crippen molar-refractivity contribution in [2.75, 3.05) is 14.1 Å². The summed E-state index contributed by atoms with van der Waals surface area (Å²) in [5, 5.41) is 0. The molecule has 1 heterocycles. The van der Waals surface area contributed by atoms with Gasteiger partial charge in [0.2, 0.25) is 5.71 Å². The van der Waals surface area contributed by atoms with E-state index in [0.717, 1.165) is 5.92 Å². The lowest BCUT2D eigenvalue weighted by Crippen LogP contribution is -2.21. The molecule has 1 fully saturated rings. The van der Waals surface area contributed by atoms with Crippen LogP contribution in [0.1, 0.15) is 35.4 Å². The van der Waals surface area contributed by atoms with Crippen LogP contribution in [0.2, 0.25) is 0 Å². The second kappa shape index (κ2) is 7.85. The van der Waals surface area contributed by atoms with Crippen LogP contribution in [0.4, 0.5) is 13.2 Å². The number of aromatic nitrogens is 1. The van der Waals surface area contributed by atoms with Crippen LogP contribution in [0.5, 0.6) is 0 Å². The van der Waals surface area contributed by atoms with Gasteiger partial charge in [0.25, 0.3) is 0 Å². The van der Waals surface area contributed by atoms with Crippen molar-refractivity contribution in [3.05, 3.63) is 59.4 Å². The summed E-state index contributed by atoms with van der Waals surface area (Å²) in [6.45, 7) is 0. The van der Waals surface area contributed by atoms with E-state index in [1.54, 1.807) is 0 Å². The van der Waals surface area contributed by atoms with E-state index in [4.69, 9.17) is 13.0 Å². The molecule has 1 aliphatic carbocycles. The van der Waals surface area contributed by atoms with Gasteiger partial charge in [0.05, 0.1) is 5.56 Å². The van der Waals surface area contributed by atoms with Crippen molar-refractivity contribution in [2.45, 2.75) is 24.3 Å². The minimum atomic E-state index is -6.09. The molecule has 3 rings (SSSR count). The van der Waals surface area contributed by atoms with Gasteiger partial charge in [-0.2, -0.15) is 13.2 Å². The van der Waals surface area contributed by atoms with E-state index in [2.05, 4.69) is 73.0 Å². The van der Waals surface area contributed by atoms with Crippen LogP contribution in [-0.2, 0) is 17.2 Å². The highest BCUT2D eigenvalue weighted by Crippen LogP contribution is 2.42. The molecule has 0 radical (unpaired) electrons. The topological polar surface area (TPSA) is 65.1 Å². The first-order valence-electron chi connectivity index (χ1n) is 8.20. The van der Waals surface area contributed by atoms with Crippen molar-refractivity contribution in [3.8, 4) is 0 Å². The Morgan fingerprint density at radius 3 is 2.07 bits per heavy atom. The third kappa shape index (κ3) is 5.43. The Balaban J connectivity index is 0.000000279. The first kappa shape index (κ1) is 21.2. The van der Waals surface area contributed by atoms with Crippen LogP contribution >= 0.6 is 0 Å². The molecule has 0 aliphatic heterocycles. The summed E-state index contributed by atoms with van der Waals surface area (Å²) in [5.41, 5.74) is -0.132. The van der Waals surface area contributed by atoms with E-state index in [0.29, 0.717) is 0 Å². The van der Waals surface area contributed by atoms with Crippen molar-refractivity contribution in [2.24, 2.45) is 7.05 Å². The number of hydrogen-bond donors (Lipinski definition) is 0. The quantitative estimate of drug-likeness (QED) is 0.343. The minimum absolute atomic E-state index is 0.773. The lowest BCUT2D eigenvalue weighted by atomic mass is 9.99. The lowest BCUT2D eigenvalue weighted by molar-refractivity contribution is -0.463. The number of alkyl halides is 3. The van der Waals surface area contributed by atoms with E-state index >= 15 is 0 Å². The molecule has 0 saturated heterocycles. The molecule has 0 unspecified atom stereocenters. The van der Waals surface area contributed by atoms with Gasteiger partial charge in [-0.25, -0.2) is 13.0 Å². The van der Waals surface area contributed by atoms with Crippen molar-refractivity contribution >= 4 is 15.8 Å². The maximum absolute atomic E-state index is 10.7. The fourth-order valence-corrected chi connectivity index (χ4v) is 2.77. The van der Waals surface area contributed by atoms with Gasteiger partial charge in [0, 0.05) is 25.0 Å². The van der Waals surface area contributed by atoms with Crippen LogP contribution in [0.15, 0.2) is 42.7 Å². The predicted molar refractivity (Wildman–Crippen MR) is 94.9 cm³/mol. The molecule has 1 aliphatic rings. The lowest BCUT2D eigenvalue weighted by Gasteiger charge is -2.08. The molecule has 0 atom stereocenters. The van der Waals surface area contributed by atoms with Gasteiger partial charge in [-0.05, 0) is 36.5 Å². The molecule has 5 nitrogen and oxygen atoms in total. The molecule has 0 spiro atoms. The summed E-state index contributed by atoms with van der Waals surface area (Å²) in [7, 11) is 0.290. The van der Waals surface area contributed by atoms with Crippen molar-refractivity contribution in [1.82, 2.24) is 4.57 Å². The van der Waals surface area contributed by atoms with Crippen molar-refractivity contribution in [3.63, 3.8) is 0 Å². The molecule has 148 valence electrons. The van der Waals surface area contributed by atoms with Gasteiger partial charge < -0.3 is 9.12 Å². The van der Waals surface area contributed by atoms with Crippen LogP contribution in [0.3, 0.4) is 0 Å². The van der Waals surface area contributed by atoms with Gasteiger partial charge in [-0.1, -0.05) is 18.2 Å². The minimum Gasteiger partial charge on any atom is -0.741 e. The number of aryl methyl sites for hydroxylation is 1. The Kier molecular flexibility index (Phi) is 6.16. The van der Waals surface area contributed by atoms with Crippen LogP contribution in [0, 0.1) is 0 Å². The van der Waals surface area contributed by atoms with Gasteiger partial charge in [-0.15, -0.1) is 0 Å². The second-order valence-corrected chi connectivity index (χ2v) is 7.95. The van der Waals surface area contributed by atoms with Gasteiger partial charge in [0.15, 0.2) is 10.1 Å². The molecule has 0 bridgehead atoms. The molecular formula is C18H21F3N2O3S. The van der Waals surface area contributed by atoms with Crippen molar-refractivity contribution in [1.29, 1.82) is 0 Å². The zero-order chi connectivity index (χ0) is 20.4. The molecule has 2 aromatic rings. The number of benzene rings is 1. The summed E-state index contributed by atoms with van der Waals surface area (Å²) < 4.78 is 63.3. The summed E-state index contributed by atoms with van der Waals surface area (Å²) in [5.74, 6) is 0.773. The summed E-state index contributed by atoms with van der Waals surface area (Å²) in [4.78, 5) is 0. The molecule has 0 N–H and O–H groups in total. The molecule has 27 heavy (non-hydrogen) atoms. The largest absolute Gasteiger partial charge is 0.741 e. The van der Waals surface area contributed by atoms with Gasteiger partial charge in [0.1, 0.15) is 14.1 Å².